The number of rotatable bonds is 10. The summed E-state index contributed by atoms with van der Waals surface area (Å²) in [6.45, 7) is -0.437. The summed E-state index contributed by atoms with van der Waals surface area (Å²) in [6.07, 6.45) is 0. The monoisotopic (exact) mass is 1310 g/mol. The van der Waals surface area contributed by atoms with Gasteiger partial charge >= 0.3 is 0 Å². The lowest BCUT2D eigenvalue weighted by Crippen LogP contribution is -2.64. The quantitative estimate of drug-likeness (QED) is 0.127. The lowest BCUT2D eigenvalue weighted by molar-refractivity contribution is 0.487. The summed E-state index contributed by atoms with van der Waals surface area (Å²) in [5.74, 6) is 1.68. The smallest absolute Gasteiger partial charge is 0.256 e. The number of anilines is 15. The maximum absolute atomic E-state index is 7.50. The summed E-state index contributed by atoms with van der Waals surface area (Å²) < 4.78 is 12.5. The second-order valence-electron chi connectivity index (χ2n) is 26.2. The zero-order valence-electron chi connectivity index (χ0n) is 54.0. The third-order valence-corrected chi connectivity index (χ3v) is 23.1. The van der Waals surface area contributed by atoms with E-state index in [0.29, 0.717) is 0 Å². The fourth-order valence-corrected chi connectivity index (χ4v) is 19.1. The van der Waals surface area contributed by atoms with Gasteiger partial charge in [-0.15, -0.1) is 22.7 Å². The van der Waals surface area contributed by atoms with Crippen molar-refractivity contribution in [3.8, 4) is 22.6 Å². The first-order valence-electron chi connectivity index (χ1n) is 34.2. The van der Waals surface area contributed by atoms with Crippen LogP contribution >= 0.6 is 22.7 Å². The molecule has 0 saturated carbocycles. The van der Waals surface area contributed by atoms with E-state index in [2.05, 4.69) is 370 Å². The number of thiophene rings is 2. The Morgan fingerprint density at radius 1 is 0.280 bits per heavy atom. The second kappa shape index (κ2) is 22.6. The molecule has 0 saturated heterocycles. The van der Waals surface area contributed by atoms with Crippen molar-refractivity contribution in [2.24, 2.45) is 0 Å². The van der Waals surface area contributed by atoms with Gasteiger partial charge in [0.2, 0.25) is 0 Å². The van der Waals surface area contributed by atoms with Gasteiger partial charge in [0.15, 0.2) is 0 Å². The first kappa shape index (κ1) is 56.8. The Labute approximate surface area is 588 Å². The van der Waals surface area contributed by atoms with Gasteiger partial charge < -0.3 is 29.2 Å². The number of benzene rings is 15. The largest absolute Gasteiger partial charge is 0.458 e. The van der Waals surface area contributed by atoms with Crippen LogP contribution in [-0.2, 0) is 0 Å². The number of nitrogens with zero attached hydrogens (tertiary/aromatic N) is 5. The maximum Gasteiger partial charge on any atom is 0.256 e. The first-order valence-corrected chi connectivity index (χ1v) is 35.8. The third kappa shape index (κ3) is 8.64. The molecule has 6 nitrogen and oxygen atoms in total. The molecule has 0 atom stereocenters. The summed E-state index contributed by atoms with van der Waals surface area (Å²) in [5.41, 5.74) is 25.6. The van der Waals surface area contributed by atoms with Crippen LogP contribution in [0.1, 0.15) is 0 Å². The zero-order chi connectivity index (χ0) is 65.5. The Hall–Kier alpha value is -12.3. The minimum absolute atomic E-state index is 0.204. The van der Waals surface area contributed by atoms with E-state index in [1.165, 1.54) is 62.2 Å². The molecule has 15 aromatic carbocycles. The van der Waals surface area contributed by atoms with E-state index in [9.17, 15) is 0 Å². The van der Waals surface area contributed by atoms with E-state index >= 15 is 0 Å². The lowest BCUT2D eigenvalue weighted by Gasteiger charge is -2.47. The number of ether oxygens (including phenoxy) is 1. The van der Waals surface area contributed by atoms with Crippen molar-refractivity contribution in [2.45, 2.75) is 0 Å². The molecule has 0 aliphatic carbocycles. The lowest BCUT2D eigenvalue weighted by atomic mass is 9.30. The molecule has 0 radical (unpaired) electrons. The van der Waals surface area contributed by atoms with E-state index in [1.54, 1.807) is 0 Å². The van der Waals surface area contributed by atoms with Gasteiger partial charge in [-0.2, -0.15) is 0 Å². The van der Waals surface area contributed by atoms with Gasteiger partial charge in [0.1, 0.15) is 11.5 Å². The average molecular weight is 1310 g/mol. The molecule has 0 bridgehead atoms. The molecule has 466 valence electrons. The predicted octanol–water partition coefficient (Wildman–Crippen LogP) is 21.5. The number of hydrogen-bond acceptors (Lipinski definition) is 8. The molecule has 4 aliphatic heterocycles. The van der Waals surface area contributed by atoms with Crippen LogP contribution in [0, 0.1) is 0 Å². The molecule has 21 rings (SSSR count). The van der Waals surface area contributed by atoms with Crippen LogP contribution in [0.5, 0.6) is 11.5 Å². The average Bonchev–Trinajstić information content (AvgIpc) is 0.836. The zero-order valence-corrected chi connectivity index (χ0v) is 55.7. The highest BCUT2D eigenvalue weighted by molar-refractivity contribution is 7.26. The standard InChI is InChI=1S/C90H57B2N5OS2/c1-6-28-58(29-7-1)65-38-16-21-44-73(65)97-78-57-77-71(56-72(78)92-70-43-20-23-48-82(70)98-83-55-64(54-81(97)89(83)92)94(60-32-10-3-11-33-60)76-47-26-41-67-66-39-17-24-49-84(66)100-90(67)76)91-69-42-19-22-45-74(69)95(61-34-12-4-13-35-61)79-52-63(53-80(88(79)91)96(77)62-36-14-5-15-37-62)93(59-30-8-2-9-31-59)75-46-27-51-86-87(75)68-40-18-25-50-85(68)99-86/h1-57H. The highest BCUT2D eigenvalue weighted by atomic mass is 32.1. The van der Waals surface area contributed by atoms with Gasteiger partial charge in [0, 0.05) is 104 Å². The van der Waals surface area contributed by atoms with Crippen molar-refractivity contribution in [1.29, 1.82) is 0 Å². The van der Waals surface area contributed by atoms with Crippen LogP contribution in [0.25, 0.3) is 51.5 Å². The summed E-state index contributed by atoms with van der Waals surface area (Å²) in [4.78, 5) is 12.7. The highest BCUT2D eigenvalue weighted by Gasteiger charge is 2.49. The Balaban J connectivity index is 0.878. The Bertz CT molecular complexity index is 6150. The van der Waals surface area contributed by atoms with Crippen LogP contribution in [0.15, 0.2) is 346 Å². The summed E-state index contributed by atoms with van der Waals surface area (Å²) in [7, 11) is 0. The van der Waals surface area contributed by atoms with Gasteiger partial charge in [-0.05, 0) is 160 Å². The topological polar surface area (TPSA) is 25.4 Å². The van der Waals surface area contributed by atoms with Crippen molar-refractivity contribution in [3.05, 3.63) is 346 Å². The Morgan fingerprint density at radius 2 is 0.770 bits per heavy atom. The number of hydrogen-bond donors (Lipinski definition) is 0. The van der Waals surface area contributed by atoms with Crippen LogP contribution < -0.4 is 62.0 Å². The van der Waals surface area contributed by atoms with E-state index < -0.39 is 0 Å². The van der Waals surface area contributed by atoms with Gasteiger partial charge in [-0.1, -0.05) is 218 Å². The van der Waals surface area contributed by atoms with Crippen molar-refractivity contribution < 1.29 is 4.74 Å². The van der Waals surface area contributed by atoms with Gasteiger partial charge in [-0.25, -0.2) is 0 Å². The summed E-state index contributed by atoms with van der Waals surface area (Å²) in [5, 5.41) is 4.97. The molecule has 4 aliphatic rings. The normalized spacial score (nSPS) is 13.0. The molecule has 0 N–H and O–H groups in total. The van der Waals surface area contributed by atoms with E-state index in [0.717, 1.165) is 119 Å². The van der Waals surface area contributed by atoms with Gasteiger partial charge in [0.25, 0.3) is 13.4 Å². The fourth-order valence-electron chi connectivity index (χ4n) is 16.7. The molecule has 0 fully saturated rings. The Kier molecular flexibility index (Phi) is 12.9. The SMILES string of the molecule is c1ccc(-c2ccccc2N2c3cc4c(cc3B3c5ccccc5Oc5cc(N(c6ccccc6)c6cccc7c6sc6ccccc67)cc2c53)B2c3ccccc3N(c3ccccc3)c3cc(N(c5ccccc5)c5cccc6sc7ccccc7c56)cc(c32)N4c2ccccc2)cc1. The Morgan fingerprint density at radius 3 is 1.48 bits per heavy atom. The van der Waals surface area contributed by atoms with Crippen LogP contribution in [0.4, 0.5) is 85.3 Å². The van der Waals surface area contributed by atoms with Crippen molar-refractivity contribution >= 4 is 195 Å². The van der Waals surface area contributed by atoms with Crippen molar-refractivity contribution in [1.82, 2.24) is 0 Å². The van der Waals surface area contributed by atoms with E-state index in [1.807, 2.05) is 22.7 Å². The second-order valence-corrected chi connectivity index (χ2v) is 28.3. The van der Waals surface area contributed by atoms with E-state index in [4.69, 9.17) is 4.74 Å². The fraction of sp³-hybridized carbons (Fsp3) is 0. The molecule has 2 aromatic heterocycles. The van der Waals surface area contributed by atoms with Gasteiger partial charge in [-0.3, -0.25) is 0 Å². The van der Waals surface area contributed by atoms with E-state index in [-0.39, 0.29) is 13.4 Å². The van der Waals surface area contributed by atoms with Crippen molar-refractivity contribution in [2.75, 3.05) is 24.5 Å². The summed E-state index contributed by atoms with van der Waals surface area (Å²) >= 11 is 3.71. The molecule has 0 amide bonds. The molecule has 0 spiro atoms. The van der Waals surface area contributed by atoms with Crippen molar-refractivity contribution in [3.63, 3.8) is 0 Å². The molecule has 6 heterocycles. The molecule has 0 unspecified atom stereocenters. The summed E-state index contributed by atoms with van der Waals surface area (Å²) in [6, 6.07) is 128. The predicted molar refractivity (Wildman–Crippen MR) is 427 cm³/mol. The van der Waals surface area contributed by atoms with Gasteiger partial charge in [0.05, 0.1) is 33.1 Å². The maximum atomic E-state index is 7.50. The molecule has 100 heavy (non-hydrogen) atoms. The van der Waals surface area contributed by atoms with Crippen LogP contribution in [0.2, 0.25) is 0 Å². The minimum Gasteiger partial charge on any atom is -0.458 e. The molecular formula is C90H57B2N5OS2. The molecule has 17 aromatic rings. The number of para-hydroxylation sites is 7. The molecule has 10 heteroatoms. The van der Waals surface area contributed by atoms with Crippen LogP contribution in [-0.4, -0.2) is 13.4 Å². The van der Waals surface area contributed by atoms with Crippen LogP contribution in [0.3, 0.4) is 0 Å². The molecular weight excluding hydrogens is 1250 g/mol. The number of fused-ring (bicyclic) bond motifs is 14. The minimum atomic E-state index is -0.232. The third-order valence-electron chi connectivity index (χ3n) is 20.8. The first-order chi connectivity index (χ1) is 49.6. The highest BCUT2D eigenvalue weighted by Crippen LogP contribution is 2.54.